The van der Waals surface area contributed by atoms with Crippen molar-refractivity contribution >= 4 is 23.5 Å². The maximum Gasteiger partial charge on any atom is 0.303 e. The fourth-order valence-electron chi connectivity index (χ4n) is 2.44. The minimum atomic E-state index is -1.12. The lowest BCUT2D eigenvalue weighted by atomic mass is 9.93. The molecule has 114 valence electrons. The topological polar surface area (TPSA) is 57.6 Å². The first-order valence-corrected chi connectivity index (χ1v) is 6.92. The number of carboxylic acids is 1. The molecule has 0 aliphatic carbocycles. The van der Waals surface area contributed by atoms with Crippen LogP contribution >= 0.6 is 11.6 Å². The SMILES string of the molecule is O=C(O)CC1CCN(C(=O)c2cc(F)c(F)cc2Cl)CC1. The first-order valence-electron chi connectivity index (χ1n) is 6.54. The fourth-order valence-corrected chi connectivity index (χ4v) is 2.68. The number of hydrogen-bond donors (Lipinski definition) is 1. The number of likely N-dealkylation sites (tertiary alicyclic amines) is 1. The Morgan fingerprint density at radius 2 is 1.81 bits per heavy atom. The average Bonchev–Trinajstić information content (AvgIpc) is 2.42. The summed E-state index contributed by atoms with van der Waals surface area (Å²) in [5.74, 6) is -3.51. The molecule has 0 unspecified atom stereocenters. The number of rotatable bonds is 3. The van der Waals surface area contributed by atoms with Gasteiger partial charge in [-0.3, -0.25) is 9.59 Å². The Balaban J connectivity index is 2.05. The number of benzene rings is 1. The summed E-state index contributed by atoms with van der Waals surface area (Å²) in [5, 5.41) is 8.60. The molecule has 0 bridgehead atoms. The molecule has 1 N–H and O–H groups in total. The Kier molecular flexibility index (Phi) is 4.77. The van der Waals surface area contributed by atoms with Crippen molar-refractivity contribution in [1.82, 2.24) is 4.90 Å². The molecule has 1 saturated heterocycles. The molecule has 0 spiro atoms. The highest BCUT2D eigenvalue weighted by molar-refractivity contribution is 6.33. The predicted molar refractivity (Wildman–Crippen MR) is 72.2 cm³/mol. The second-order valence-electron chi connectivity index (χ2n) is 5.08. The van der Waals surface area contributed by atoms with Gasteiger partial charge in [-0.15, -0.1) is 0 Å². The fraction of sp³-hybridized carbons (Fsp3) is 0.429. The van der Waals surface area contributed by atoms with Crippen molar-refractivity contribution < 1.29 is 23.5 Å². The number of carboxylic acid groups (broad SMARTS) is 1. The number of carbonyl (C=O) groups excluding carboxylic acids is 1. The van der Waals surface area contributed by atoms with E-state index in [1.165, 1.54) is 4.90 Å². The van der Waals surface area contributed by atoms with Gasteiger partial charge in [0.15, 0.2) is 11.6 Å². The van der Waals surface area contributed by atoms with Crippen LogP contribution in [0.1, 0.15) is 29.6 Å². The van der Waals surface area contributed by atoms with Gasteiger partial charge in [0.2, 0.25) is 0 Å². The van der Waals surface area contributed by atoms with Gasteiger partial charge < -0.3 is 10.0 Å². The number of nitrogens with zero attached hydrogens (tertiary/aromatic N) is 1. The summed E-state index contributed by atoms with van der Waals surface area (Å²) in [4.78, 5) is 24.4. The number of amides is 1. The molecule has 1 fully saturated rings. The Bertz CT molecular complexity index is 572. The van der Waals surface area contributed by atoms with Crippen LogP contribution in [-0.4, -0.2) is 35.0 Å². The highest BCUT2D eigenvalue weighted by Gasteiger charge is 2.26. The Hall–Kier alpha value is -1.69. The van der Waals surface area contributed by atoms with Gasteiger partial charge in [-0.2, -0.15) is 0 Å². The van der Waals surface area contributed by atoms with E-state index < -0.39 is 23.5 Å². The zero-order valence-electron chi connectivity index (χ0n) is 11.1. The second-order valence-corrected chi connectivity index (χ2v) is 5.49. The van der Waals surface area contributed by atoms with Crippen LogP contribution in [0.5, 0.6) is 0 Å². The van der Waals surface area contributed by atoms with Gasteiger partial charge in [-0.05, 0) is 30.9 Å². The summed E-state index contributed by atoms with van der Waals surface area (Å²) in [5.41, 5.74) is -0.0766. The molecule has 0 atom stereocenters. The largest absolute Gasteiger partial charge is 0.481 e. The summed E-state index contributed by atoms with van der Waals surface area (Å²) < 4.78 is 26.2. The van der Waals surface area contributed by atoms with Crippen LogP contribution in [0.3, 0.4) is 0 Å². The maximum absolute atomic E-state index is 13.2. The van der Waals surface area contributed by atoms with Gasteiger partial charge in [-0.1, -0.05) is 11.6 Å². The molecule has 0 aromatic heterocycles. The van der Waals surface area contributed by atoms with Gasteiger partial charge in [0.05, 0.1) is 10.6 Å². The summed E-state index contributed by atoms with van der Waals surface area (Å²) in [6.07, 6.45) is 1.21. The summed E-state index contributed by atoms with van der Waals surface area (Å²) >= 11 is 5.78. The van der Waals surface area contributed by atoms with Crippen molar-refractivity contribution in [1.29, 1.82) is 0 Å². The van der Waals surface area contributed by atoms with Crippen molar-refractivity contribution in [2.45, 2.75) is 19.3 Å². The molecule has 1 heterocycles. The third kappa shape index (κ3) is 3.69. The normalized spacial score (nSPS) is 16.0. The van der Waals surface area contributed by atoms with Crippen LogP contribution in [0, 0.1) is 17.6 Å². The Morgan fingerprint density at radius 3 is 2.38 bits per heavy atom. The van der Waals surface area contributed by atoms with Gasteiger partial charge >= 0.3 is 5.97 Å². The molecule has 0 radical (unpaired) electrons. The van der Waals surface area contributed by atoms with E-state index in [0.717, 1.165) is 12.1 Å². The van der Waals surface area contributed by atoms with E-state index in [0.29, 0.717) is 25.9 Å². The van der Waals surface area contributed by atoms with Crippen molar-refractivity contribution in [2.75, 3.05) is 13.1 Å². The van der Waals surface area contributed by atoms with Crippen LogP contribution in [0.15, 0.2) is 12.1 Å². The molecule has 1 amide bonds. The van der Waals surface area contributed by atoms with E-state index >= 15 is 0 Å². The van der Waals surface area contributed by atoms with E-state index in [4.69, 9.17) is 16.7 Å². The summed E-state index contributed by atoms with van der Waals surface area (Å²) in [6, 6.07) is 1.57. The molecule has 1 aliphatic heterocycles. The predicted octanol–water partition coefficient (Wildman–Crippen LogP) is 2.95. The molecule has 1 aliphatic rings. The number of aliphatic carboxylic acids is 1. The second kappa shape index (κ2) is 6.39. The van der Waals surface area contributed by atoms with Crippen molar-refractivity contribution in [3.05, 3.63) is 34.4 Å². The van der Waals surface area contributed by atoms with Crippen molar-refractivity contribution in [3.63, 3.8) is 0 Å². The Morgan fingerprint density at radius 1 is 1.24 bits per heavy atom. The van der Waals surface area contributed by atoms with E-state index in [2.05, 4.69) is 0 Å². The molecule has 4 nitrogen and oxygen atoms in total. The molecule has 7 heteroatoms. The zero-order valence-corrected chi connectivity index (χ0v) is 11.9. The Labute approximate surface area is 125 Å². The third-order valence-electron chi connectivity index (χ3n) is 3.61. The van der Waals surface area contributed by atoms with Gasteiger partial charge in [0.1, 0.15) is 0 Å². The molecule has 1 aromatic rings. The van der Waals surface area contributed by atoms with Gasteiger partial charge in [-0.25, -0.2) is 8.78 Å². The molecular weight excluding hydrogens is 304 g/mol. The average molecular weight is 318 g/mol. The standard InChI is InChI=1S/C14H14ClF2NO3/c15-10-7-12(17)11(16)6-9(10)14(21)18-3-1-8(2-4-18)5-13(19)20/h6-8H,1-5H2,(H,19,20). The zero-order chi connectivity index (χ0) is 15.6. The molecule has 1 aromatic carbocycles. The van der Waals surface area contributed by atoms with E-state index in [1.54, 1.807) is 0 Å². The third-order valence-corrected chi connectivity index (χ3v) is 3.92. The minimum Gasteiger partial charge on any atom is -0.481 e. The summed E-state index contributed by atoms with van der Waals surface area (Å²) in [6.45, 7) is 0.762. The number of halogens is 3. The minimum absolute atomic E-state index is 0.0342. The van der Waals surface area contributed by atoms with E-state index in [1.807, 2.05) is 0 Å². The molecule has 2 rings (SSSR count). The van der Waals surface area contributed by atoms with Gasteiger partial charge in [0, 0.05) is 19.5 Å². The van der Waals surface area contributed by atoms with Crippen LogP contribution in [-0.2, 0) is 4.79 Å². The highest BCUT2D eigenvalue weighted by atomic mass is 35.5. The monoisotopic (exact) mass is 317 g/mol. The van der Waals surface area contributed by atoms with Crippen molar-refractivity contribution in [2.24, 2.45) is 5.92 Å². The lowest BCUT2D eigenvalue weighted by Crippen LogP contribution is -2.39. The van der Waals surface area contributed by atoms with E-state index in [9.17, 15) is 18.4 Å². The molecular formula is C14H14ClF2NO3. The summed E-state index contributed by atoms with van der Waals surface area (Å²) in [7, 11) is 0. The molecule has 0 saturated carbocycles. The first kappa shape index (κ1) is 15.7. The van der Waals surface area contributed by atoms with Crippen LogP contribution in [0.25, 0.3) is 0 Å². The quantitative estimate of drug-likeness (QED) is 0.872. The van der Waals surface area contributed by atoms with Crippen LogP contribution in [0.2, 0.25) is 5.02 Å². The molecule has 21 heavy (non-hydrogen) atoms. The van der Waals surface area contributed by atoms with E-state index in [-0.39, 0.29) is 22.9 Å². The number of hydrogen-bond acceptors (Lipinski definition) is 2. The number of piperidine rings is 1. The van der Waals surface area contributed by atoms with Crippen molar-refractivity contribution in [3.8, 4) is 0 Å². The van der Waals surface area contributed by atoms with Gasteiger partial charge in [0.25, 0.3) is 5.91 Å². The number of carbonyl (C=O) groups is 2. The van der Waals surface area contributed by atoms with Crippen LogP contribution < -0.4 is 0 Å². The van der Waals surface area contributed by atoms with Crippen LogP contribution in [0.4, 0.5) is 8.78 Å². The maximum atomic E-state index is 13.2. The smallest absolute Gasteiger partial charge is 0.303 e. The lowest BCUT2D eigenvalue weighted by molar-refractivity contribution is -0.138. The lowest BCUT2D eigenvalue weighted by Gasteiger charge is -2.31. The highest BCUT2D eigenvalue weighted by Crippen LogP contribution is 2.25. The first-order chi connectivity index (χ1) is 9.88.